The van der Waals surface area contributed by atoms with Crippen LogP contribution in [0.5, 0.6) is 5.75 Å². The van der Waals surface area contributed by atoms with Crippen LogP contribution in [0.15, 0.2) is 24.3 Å². The lowest BCUT2D eigenvalue weighted by Crippen LogP contribution is -2.43. The van der Waals surface area contributed by atoms with Crippen LogP contribution in [0.1, 0.15) is 52.4 Å². The maximum absolute atomic E-state index is 11.6. The number of nitrogens with one attached hydrogen (secondary N) is 1. The zero-order chi connectivity index (χ0) is 15.7. The van der Waals surface area contributed by atoms with E-state index in [1.54, 1.807) is 14.0 Å². The third-order valence-corrected chi connectivity index (χ3v) is 3.74. The summed E-state index contributed by atoms with van der Waals surface area (Å²) in [6, 6.07) is 7.37. The summed E-state index contributed by atoms with van der Waals surface area (Å²) in [5, 5.41) is 12.7. The van der Waals surface area contributed by atoms with E-state index in [0.29, 0.717) is 6.42 Å². The highest BCUT2D eigenvalue weighted by Crippen LogP contribution is 2.24. The number of aliphatic carboxylic acids is 1. The molecule has 1 atom stereocenters. The Kier molecular flexibility index (Phi) is 7.06. The molecule has 0 heterocycles. The van der Waals surface area contributed by atoms with Gasteiger partial charge in [-0.05, 0) is 25.5 Å². The molecule has 0 bridgehead atoms. The van der Waals surface area contributed by atoms with Gasteiger partial charge in [0.15, 0.2) is 0 Å². The number of ether oxygens (including phenoxy) is 1. The van der Waals surface area contributed by atoms with E-state index in [0.717, 1.165) is 24.3 Å². The molecule has 4 nitrogen and oxygen atoms in total. The number of carboxylic acid groups (broad SMARTS) is 1. The molecular formula is C17H27NO3. The van der Waals surface area contributed by atoms with E-state index < -0.39 is 11.5 Å². The van der Waals surface area contributed by atoms with Gasteiger partial charge in [0.25, 0.3) is 0 Å². The van der Waals surface area contributed by atoms with Gasteiger partial charge in [-0.25, -0.2) is 4.79 Å². The Morgan fingerprint density at radius 1 is 1.29 bits per heavy atom. The van der Waals surface area contributed by atoms with Crippen LogP contribution in [0.4, 0.5) is 5.69 Å². The summed E-state index contributed by atoms with van der Waals surface area (Å²) in [4.78, 5) is 11.6. The fourth-order valence-corrected chi connectivity index (χ4v) is 2.32. The van der Waals surface area contributed by atoms with Crippen molar-refractivity contribution < 1.29 is 14.6 Å². The van der Waals surface area contributed by atoms with Crippen molar-refractivity contribution in [3.8, 4) is 5.75 Å². The number of anilines is 1. The standard InChI is InChI=1S/C17H27NO3/c1-4-5-6-7-8-12-17(2,16(19)20)18-14-10-9-11-15(13-14)21-3/h9-11,13,18H,4-8,12H2,1-3H3,(H,19,20). The van der Waals surface area contributed by atoms with E-state index in [9.17, 15) is 9.90 Å². The first-order valence-corrected chi connectivity index (χ1v) is 7.67. The third-order valence-electron chi connectivity index (χ3n) is 3.74. The molecule has 0 fully saturated rings. The lowest BCUT2D eigenvalue weighted by atomic mass is 9.93. The summed E-state index contributed by atoms with van der Waals surface area (Å²) >= 11 is 0. The second-order valence-electron chi connectivity index (χ2n) is 5.66. The van der Waals surface area contributed by atoms with E-state index in [2.05, 4.69) is 12.2 Å². The van der Waals surface area contributed by atoms with Crippen LogP contribution in [0.25, 0.3) is 0 Å². The Morgan fingerprint density at radius 3 is 2.62 bits per heavy atom. The Balaban J connectivity index is 2.64. The first-order valence-electron chi connectivity index (χ1n) is 7.67. The molecule has 0 spiro atoms. The van der Waals surface area contributed by atoms with Gasteiger partial charge in [-0.1, -0.05) is 45.1 Å². The molecule has 0 aliphatic carbocycles. The molecule has 0 radical (unpaired) electrons. The van der Waals surface area contributed by atoms with E-state index >= 15 is 0 Å². The number of unbranched alkanes of at least 4 members (excludes halogenated alkanes) is 4. The number of hydrogen-bond acceptors (Lipinski definition) is 3. The van der Waals surface area contributed by atoms with Crippen molar-refractivity contribution in [2.45, 2.75) is 57.9 Å². The van der Waals surface area contributed by atoms with E-state index in [1.165, 1.54) is 19.3 Å². The van der Waals surface area contributed by atoms with Crippen molar-refractivity contribution in [1.82, 2.24) is 0 Å². The van der Waals surface area contributed by atoms with Crippen LogP contribution in [-0.2, 0) is 4.79 Å². The molecule has 1 unspecified atom stereocenters. The lowest BCUT2D eigenvalue weighted by molar-refractivity contribution is -0.142. The zero-order valence-electron chi connectivity index (χ0n) is 13.3. The topological polar surface area (TPSA) is 58.6 Å². The van der Waals surface area contributed by atoms with Crippen molar-refractivity contribution in [2.24, 2.45) is 0 Å². The highest BCUT2D eigenvalue weighted by atomic mass is 16.5. The Labute approximate surface area is 127 Å². The van der Waals surface area contributed by atoms with Crippen LogP contribution in [0.2, 0.25) is 0 Å². The van der Waals surface area contributed by atoms with Crippen molar-refractivity contribution in [3.05, 3.63) is 24.3 Å². The minimum atomic E-state index is -0.946. The highest BCUT2D eigenvalue weighted by molar-refractivity contribution is 5.82. The van der Waals surface area contributed by atoms with Gasteiger partial charge in [-0.2, -0.15) is 0 Å². The average molecular weight is 293 g/mol. The van der Waals surface area contributed by atoms with Crippen molar-refractivity contribution in [2.75, 3.05) is 12.4 Å². The smallest absolute Gasteiger partial charge is 0.329 e. The predicted octanol–water partition coefficient (Wildman–Crippen LogP) is 4.31. The summed E-state index contributed by atoms with van der Waals surface area (Å²) < 4.78 is 5.17. The summed E-state index contributed by atoms with van der Waals surface area (Å²) in [5.41, 5.74) is -0.175. The van der Waals surface area contributed by atoms with Crippen molar-refractivity contribution in [1.29, 1.82) is 0 Å². The first-order chi connectivity index (χ1) is 10.0. The van der Waals surface area contributed by atoms with Gasteiger partial charge in [-0.3, -0.25) is 0 Å². The minimum absolute atomic E-state index is 0.614. The molecule has 1 aromatic carbocycles. The van der Waals surface area contributed by atoms with E-state index in [-0.39, 0.29) is 0 Å². The molecule has 0 aromatic heterocycles. The van der Waals surface area contributed by atoms with Gasteiger partial charge in [0, 0.05) is 11.8 Å². The van der Waals surface area contributed by atoms with Crippen LogP contribution in [0.3, 0.4) is 0 Å². The number of carbonyl (C=O) groups is 1. The normalized spacial score (nSPS) is 13.5. The summed E-state index contributed by atoms with van der Waals surface area (Å²) in [5.74, 6) is -0.100. The molecule has 1 rings (SSSR count). The quantitative estimate of drug-likeness (QED) is 0.631. The monoisotopic (exact) mass is 293 g/mol. The lowest BCUT2D eigenvalue weighted by Gasteiger charge is -2.27. The van der Waals surface area contributed by atoms with Crippen LogP contribution in [0, 0.1) is 0 Å². The third kappa shape index (κ3) is 5.66. The average Bonchev–Trinajstić information content (AvgIpc) is 2.47. The second-order valence-corrected chi connectivity index (χ2v) is 5.66. The van der Waals surface area contributed by atoms with Gasteiger partial charge >= 0.3 is 5.97 Å². The van der Waals surface area contributed by atoms with Gasteiger partial charge in [0.05, 0.1) is 7.11 Å². The molecule has 21 heavy (non-hydrogen) atoms. The zero-order valence-corrected chi connectivity index (χ0v) is 13.3. The number of rotatable bonds is 10. The van der Waals surface area contributed by atoms with Crippen molar-refractivity contribution >= 4 is 11.7 Å². The molecule has 0 saturated heterocycles. The molecule has 0 aliphatic heterocycles. The largest absolute Gasteiger partial charge is 0.497 e. The van der Waals surface area contributed by atoms with Gasteiger partial charge in [0.1, 0.15) is 11.3 Å². The molecule has 0 aliphatic rings. The molecule has 0 amide bonds. The predicted molar refractivity (Wildman–Crippen MR) is 86.0 cm³/mol. The number of benzene rings is 1. The SMILES string of the molecule is CCCCCCCC(C)(Nc1cccc(OC)c1)C(=O)O. The van der Waals surface area contributed by atoms with Crippen molar-refractivity contribution in [3.63, 3.8) is 0 Å². The van der Waals surface area contributed by atoms with Gasteiger partial charge in [-0.15, -0.1) is 0 Å². The maximum Gasteiger partial charge on any atom is 0.329 e. The molecule has 118 valence electrons. The molecule has 0 saturated carbocycles. The Bertz CT molecular complexity index is 447. The number of hydrogen-bond donors (Lipinski definition) is 2. The molecule has 1 aromatic rings. The van der Waals surface area contributed by atoms with E-state index in [4.69, 9.17) is 4.74 Å². The van der Waals surface area contributed by atoms with Gasteiger partial charge < -0.3 is 15.2 Å². The molecule has 2 N–H and O–H groups in total. The fraction of sp³-hybridized carbons (Fsp3) is 0.588. The van der Waals surface area contributed by atoms with Gasteiger partial charge in [0.2, 0.25) is 0 Å². The Morgan fingerprint density at radius 2 is 2.00 bits per heavy atom. The Hall–Kier alpha value is -1.71. The van der Waals surface area contributed by atoms with Crippen LogP contribution in [-0.4, -0.2) is 23.7 Å². The number of carboxylic acids is 1. The molecular weight excluding hydrogens is 266 g/mol. The fourth-order valence-electron chi connectivity index (χ4n) is 2.32. The van der Waals surface area contributed by atoms with Crippen LogP contribution >= 0.6 is 0 Å². The van der Waals surface area contributed by atoms with E-state index in [1.807, 2.05) is 24.3 Å². The van der Waals surface area contributed by atoms with Crippen LogP contribution < -0.4 is 10.1 Å². The summed E-state index contributed by atoms with van der Waals surface area (Å²) in [7, 11) is 1.60. The maximum atomic E-state index is 11.6. The minimum Gasteiger partial charge on any atom is -0.497 e. The second kappa shape index (κ2) is 8.55. The summed E-state index contributed by atoms with van der Waals surface area (Å²) in [6.45, 7) is 3.92. The summed E-state index contributed by atoms with van der Waals surface area (Å²) in [6.07, 6.45) is 6.19. The highest BCUT2D eigenvalue weighted by Gasteiger charge is 2.32. The first kappa shape index (κ1) is 17.3. The number of methoxy groups -OCH3 is 1. The molecule has 4 heteroatoms.